The molecule has 1 aliphatic rings. The maximum Gasteiger partial charge on any atom is 0.0701 e. The van der Waals surface area contributed by atoms with E-state index in [-0.39, 0.29) is 0 Å². The quantitative estimate of drug-likeness (QED) is 0.448. The molecule has 1 N–H and O–H groups in total. The highest BCUT2D eigenvalue weighted by Crippen LogP contribution is 2.00. The molecule has 0 aromatic rings. The first-order valence-electron chi connectivity index (χ1n) is 10.3. The van der Waals surface area contributed by atoms with Crippen LogP contribution >= 0.6 is 0 Å². The second kappa shape index (κ2) is 20.1. The molecule has 152 valence electrons. The van der Waals surface area contributed by atoms with Gasteiger partial charge in [0, 0.05) is 39.3 Å². The third kappa shape index (κ3) is 15.7. The Labute approximate surface area is 156 Å². The van der Waals surface area contributed by atoms with Gasteiger partial charge in [-0.05, 0) is 19.5 Å². The minimum atomic E-state index is 0.649. The van der Waals surface area contributed by atoms with Crippen molar-refractivity contribution in [2.45, 2.75) is 34.1 Å². The zero-order valence-corrected chi connectivity index (χ0v) is 17.2. The maximum absolute atomic E-state index is 5.63. The highest BCUT2D eigenvalue weighted by atomic mass is 16.5. The average molecular weight is 362 g/mol. The molecule has 1 saturated heterocycles. The van der Waals surface area contributed by atoms with E-state index in [4.69, 9.17) is 14.2 Å². The van der Waals surface area contributed by atoms with Gasteiger partial charge in [0.25, 0.3) is 0 Å². The summed E-state index contributed by atoms with van der Waals surface area (Å²) in [7, 11) is 0. The van der Waals surface area contributed by atoms with E-state index in [9.17, 15) is 0 Å². The first kappa shape index (κ1) is 24.8. The highest BCUT2D eigenvalue weighted by molar-refractivity contribution is 4.70. The van der Waals surface area contributed by atoms with Crippen LogP contribution < -0.4 is 5.32 Å². The summed E-state index contributed by atoms with van der Waals surface area (Å²) in [6.45, 7) is 21.5. The zero-order valence-electron chi connectivity index (χ0n) is 17.2. The topological polar surface area (TPSA) is 46.2 Å². The summed E-state index contributed by atoms with van der Waals surface area (Å²) in [5.74, 6) is 0. The van der Waals surface area contributed by atoms with Gasteiger partial charge in [0.15, 0.2) is 0 Å². The number of piperazine rings is 1. The Kier molecular flexibility index (Phi) is 19.9. The lowest BCUT2D eigenvalue weighted by atomic mass is 10.3. The van der Waals surface area contributed by atoms with Crippen LogP contribution in [0.15, 0.2) is 0 Å². The molecule has 1 fully saturated rings. The van der Waals surface area contributed by atoms with E-state index in [1.807, 2.05) is 13.8 Å². The molecule has 1 aliphatic heterocycles. The molecule has 0 bridgehead atoms. The van der Waals surface area contributed by atoms with Crippen LogP contribution in [0.3, 0.4) is 0 Å². The van der Waals surface area contributed by atoms with Crippen LogP contribution in [0.5, 0.6) is 0 Å². The molecule has 0 atom stereocenters. The molecule has 25 heavy (non-hydrogen) atoms. The normalized spacial score (nSPS) is 15.8. The van der Waals surface area contributed by atoms with Gasteiger partial charge in [-0.15, -0.1) is 0 Å². The lowest BCUT2D eigenvalue weighted by molar-refractivity contribution is 0.00855. The number of likely N-dealkylation sites (N-methyl/N-ethyl adjacent to an activating group) is 1. The summed E-state index contributed by atoms with van der Waals surface area (Å²) in [5.41, 5.74) is 0. The predicted octanol–water partition coefficient (Wildman–Crippen LogP) is 1.70. The zero-order chi connectivity index (χ0) is 18.6. The second-order valence-corrected chi connectivity index (χ2v) is 5.86. The Morgan fingerprint density at radius 1 is 0.680 bits per heavy atom. The molecular weight excluding hydrogens is 318 g/mol. The fourth-order valence-electron chi connectivity index (χ4n) is 2.51. The SMILES string of the molecule is CC.CCCNCCOCCOCCOCCN1CCN(CC)CC1. The van der Waals surface area contributed by atoms with Gasteiger partial charge < -0.3 is 24.4 Å². The molecule has 0 aromatic heterocycles. The molecule has 0 spiro atoms. The monoisotopic (exact) mass is 361 g/mol. The third-order valence-electron chi connectivity index (χ3n) is 4.06. The van der Waals surface area contributed by atoms with Crippen molar-refractivity contribution >= 4 is 0 Å². The average Bonchev–Trinajstić information content (AvgIpc) is 2.67. The Bertz CT molecular complexity index is 250. The van der Waals surface area contributed by atoms with Gasteiger partial charge in [0.2, 0.25) is 0 Å². The molecule has 0 unspecified atom stereocenters. The minimum Gasteiger partial charge on any atom is -0.378 e. The van der Waals surface area contributed by atoms with Crippen LogP contribution in [0.25, 0.3) is 0 Å². The van der Waals surface area contributed by atoms with Gasteiger partial charge >= 0.3 is 0 Å². The van der Waals surface area contributed by atoms with Crippen LogP contribution in [-0.4, -0.2) is 102 Å². The molecule has 0 aliphatic carbocycles. The summed E-state index contributed by atoms with van der Waals surface area (Å²) in [6, 6.07) is 0. The highest BCUT2D eigenvalue weighted by Gasteiger charge is 2.14. The van der Waals surface area contributed by atoms with Gasteiger partial charge in [-0.3, -0.25) is 4.90 Å². The van der Waals surface area contributed by atoms with E-state index in [0.29, 0.717) is 26.4 Å². The summed E-state index contributed by atoms with van der Waals surface area (Å²) >= 11 is 0. The van der Waals surface area contributed by atoms with Gasteiger partial charge in [0.1, 0.15) is 0 Å². The largest absolute Gasteiger partial charge is 0.378 e. The van der Waals surface area contributed by atoms with Crippen molar-refractivity contribution in [1.29, 1.82) is 0 Å². The van der Waals surface area contributed by atoms with E-state index in [1.165, 1.54) is 19.6 Å². The van der Waals surface area contributed by atoms with Crippen molar-refractivity contribution in [2.24, 2.45) is 0 Å². The lowest BCUT2D eigenvalue weighted by Gasteiger charge is -2.33. The fraction of sp³-hybridized carbons (Fsp3) is 1.00. The van der Waals surface area contributed by atoms with Crippen molar-refractivity contribution in [3.8, 4) is 0 Å². The maximum atomic E-state index is 5.63. The molecular formula is C19H43N3O3. The minimum absolute atomic E-state index is 0.649. The van der Waals surface area contributed by atoms with Crippen molar-refractivity contribution in [2.75, 3.05) is 92.0 Å². The first-order valence-corrected chi connectivity index (χ1v) is 10.3. The Morgan fingerprint density at radius 3 is 1.76 bits per heavy atom. The summed E-state index contributed by atoms with van der Waals surface area (Å²) < 4.78 is 16.6. The van der Waals surface area contributed by atoms with E-state index < -0.39 is 0 Å². The van der Waals surface area contributed by atoms with E-state index >= 15 is 0 Å². The van der Waals surface area contributed by atoms with Crippen molar-refractivity contribution in [3.05, 3.63) is 0 Å². The standard InChI is InChI=1S/C17H37N3O3.C2H6/c1-3-5-18-6-12-21-14-16-23-17-15-22-13-11-20-9-7-19(4-2)8-10-20;1-2/h18H,3-17H2,1-2H3;1-2H3. The fourth-order valence-corrected chi connectivity index (χ4v) is 2.51. The van der Waals surface area contributed by atoms with Gasteiger partial charge in [-0.1, -0.05) is 27.7 Å². The van der Waals surface area contributed by atoms with Crippen LogP contribution in [0, 0.1) is 0 Å². The smallest absolute Gasteiger partial charge is 0.0701 e. The number of ether oxygens (including phenoxy) is 3. The van der Waals surface area contributed by atoms with E-state index in [0.717, 1.165) is 52.4 Å². The molecule has 0 saturated carbocycles. The molecule has 1 rings (SSSR count). The summed E-state index contributed by atoms with van der Waals surface area (Å²) in [6.07, 6.45) is 1.16. The molecule has 6 heteroatoms. The summed E-state index contributed by atoms with van der Waals surface area (Å²) in [5, 5.41) is 3.30. The van der Waals surface area contributed by atoms with E-state index in [1.54, 1.807) is 0 Å². The number of hydrogen-bond acceptors (Lipinski definition) is 6. The molecule has 6 nitrogen and oxygen atoms in total. The second-order valence-electron chi connectivity index (χ2n) is 5.86. The van der Waals surface area contributed by atoms with Crippen molar-refractivity contribution in [3.63, 3.8) is 0 Å². The molecule has 0 amide bonds. The number of nitrogens with one attached hydrogen (secondary N) is 1. The van der Waals surface area contributed by atoms with Crippen LogP contribution in [0.4, 0.5) is 0 Å². The number of rotatable bonds is 15. The van der Waals surface area contributed by atoms with Crippen LogP contribution in [0.1, 0.15) is 34.1 Å². The van der Waals surface area contributed by atoms with Crippen LogP contribution in [0.2, 0.25) is 0 Å². The van der Waals surface area contributed by atoms with Gasteiger partial charge in [0.05, 0.1) is 39.6 Å². The predicted molar refractivity (Wildman–Crippen MR) is 106 cm³/mol. The lowest BCUT2D eigenvalue weighted by Crippen LogP contribution is -2.47. The molecule has 0 aromatic carbocycles. The first-order chi connectivity index (χ1) is 12.4. The third-order valence-corrected chi connectivity index (χ3v) is 4.06. The molecule has 1 heterocycles. The number of nitrogens with zero attached hydrogens (tertiary/aromatic N) is 2. The van der Waals surface area contributed by atoms with Gasteiger partial charge in [-0.2, -0.15) is 0 Å². The Hall–Kier alpha value is -0.240. The summed E-state index contributed by atoms with van der Waals surface area (Å²) in [4.78, 5) is 4.97. The Balaban J connectivity index is 0.00000277. The Morgan fingerprint density at radius 2 is 1.20 bits per heavy atom. The van der Waals surface area contributed by atoms with E-state index in [2.05, 4.69) is 29.0 Å². The van der Waals surface area contributed by atoms with Crippen molar-refractivity contribution < 1.29 is 14.2 Å². The van der Waals surface area contributed by atoms with Crippen molar-refractivity contribution in [1.82, 2.24) is 15.1 Å². The number of hydrogen-bond donors (Lipinski definition) is 1. The van der Waals surface area contributed by atoms with Crippen LogP contribution in [-0.2, 0) is 14.2 Å². The molecule has 0 radical (unpaired) electrons. The van der Waals surface area contributed by atoms with Gasteiger partial charge in [-0.25, -0.2) is 0 Å².